The lowest BCUT2D eigenvalue weighted by molar-refractivity contribution is -0.140. The lowest BCUT2D eigenvalue weighted by atomic mass is 10.2. The van der Waals surface area contributed by atoms with Gasteiger partial charge in [-0.15, -0.1) is 5.10 Å². The zero-order chi connectivity index (χ0) is 12.8. The first kappa shape index (κ1) is 11.3. The fourth-order valence-electron chi connectivity index (χ4n) is 1.35. The maximum atomic E-state index is 12.5. The highest BCUT2D eigenvalue weighted by molar-refractivity contribution is 5.88. The molecule has 17 heavy (non-hydrogen) atoms. The van der Waals surface area contributed by atoms with Crippen molar-refractivity contribution in [2.45, 2.75) is 13.1 Å². The van der Waals surface area contributed by atoms with Crippen LogP contribution in [0.2, 0.25) is 0 Å². The Hall–Kier alpha value is -2.19. The van der Waals surface area contributed by atoms with Crippen LogP contribution in [0, 0.1) is 6.92 Å². The topological polar surface area (TPSA) is 80.4 Å². The summed E-state index contributed by atoms with van der Waals surface area (Å²) in [6.07, 6.45) is -3.82. The molecule has 0 atom stereocenters. The fourth-order valence-corrected chi connectivity index (χ4v) is 1.35. The average molecular weight is 246 g/mol. The van der Waals surface area contributed by atoms with E-state index in [2.05, 4.69) is 15.3 Å². The van der Waals surface area contributed by atoms with Gasteiger partial charge in [0, 0.05) is 6.20 Å². The van der Waals surface area contributed by atoms with Crippen LogP contribution < -0.4 is 0 Å². The quantitative estimate of drug-likeness (QED) is 0.816. The van der Waals surface area contributed by atoms with Crippen molar-refractivity contribution >= 4 is 11.6 Å². The molecule has 0 fully saturated rings. The number of rotatable bonds is 1. The molecule has 2 aromatic heterocycles. The molecule has 0 aliphatic heterocycles. The van der Waals surface area contributed by atoms with Crippen LogP contribution in [-0.4, -0.2) is 30.9 Å². The Morgan fingerprint density at radius 2 is 2.12 bits per heavy atom. The summed E-state index contributed by atoms with van der Waals surface area (Å²) in [4.78, 5) is 14.2. The van der Waals surface area contributed by atoms with E-state index in [1.165, 1.54) is 6.92 Å². The zero-order valence-electron chi connectivity index (χ0n) is 8.36. The molecule has 0 amide bonds. The van der Waals surface area contributed by atoms with Gasteiger partial charge in [-0.25, -0.2) is 9.78 Å². The summed E-state index contributed by atoms with van der Waals surface area (Å²) in [6.45, 7) is 1.33. The zero-order valence-corrected chi connectivity index (χ0v) is 8.36. The summed E-state index contributed by atoms with van der Waals surface area (Å²) in [5, 5.41) is 15.0. The molecule has 1 N–H and O–H groups in total. The van der Waals surface area contributed by atoms with Gasteiger partial charge in [-0.1, -0.05) is 5.21 Å². The first-order valence-electron chi connectivity index (χ1n) is 4.34. The number of carboxylic acids is 1. The van der Waals surface area contributed by atoms with Crippen LogP contribution in [0.5, 0.6) is 0 Å². The van der Waals surface area contributed by atoms with Gasteiger partial charge in [-0.05, 0) is 6.92 Å². The van der Waals surface area contributed by atoms with E-state index in [9.17, 15) is 18.0 Å². The molecular weight excluding hydrogens is 241 g/mol. The molecule has 0 saturated carbocycles. The van der Waals surface area contributed by atoms with E-state index < -0.39 is 23.5 Å². The van der Waals surface area contributed by atoms with Crippen molar-refractivity contribution in [3.8, 4) is 0 Å². The Bertz CT molecular complexity index is 605. The third-order valence-electron chi connectivity index (χ3n) is 2.17. The van der Waals surface area contributed by atoms with Crippen LogP contribution in [0.4, 0.5) is 13.2 Å². The molecule has 90 valence electrons. The minimum absolute atomic E-state index is 0.0329. The summed E-state index contributed by atoms with van der Waals surface area (Å²) < 4.78 is 38.2. The lowest BCUT2D eigenvalue weighted by Crippen LogP contribution is -2.10. The summed E-state index contributed by atoms with van der Waals surface area (Å²) in [7, 11) is 0. The predicted octanol–water partition coefficient (Wildman–Crippen LogP) is 1.15. The summed E-state index contributed by atoms with van der Waals surface area (Å²) in [5.74, 6) is -1.29. The SMILES string of the molecule is Cc1c(C(=O)O)cnc2c(C(F)(F)F)nnn12. The molecule has 0 aliphatic carbocycles. The highest BCUT2D eigenvalue weighted by Gasteiger charge is 2.38. The van der Waals surface area contributed by atoms with Gasteiger partial charge in [-0.2, -0.15) is 17.7 Å². The summed E-state index contributed by atoms with van der Waals surface area (Å²) >= 11 is 0. The van der Waals surface area contributed by atoms with Gasteiger partial charge < -0.3 is 5.11 Å². The van der Waals surface area contributed by atoms with Crippen LogP contribution in [0.1, 0.15) is 21.7 Å². The number of halogens is 3. The number of aromatic nitrogens is 4. The molecule has 0 bridgehead atoms. The molecule has 9 heteroatoms. The Morgan fingerprint density at radius 3 is 2.65 bits per heavy atom. The standard InChI is InChI=1S/C8H5F3N4O2/c1-3-4(7(16)17)2-12-6-5(8(9,10)11)13-14-15(3)6/h2H,1H3,(H,16,17). The van der Waals surface area contributed by atoms with Gasteiger partial charge >= 0.3 is 12.1 Å². The Labute approximate surface area is 91.7 Å². The van der Waals surface area contributed by atoms with E-state index in [1.807, 2.05) is 0 Å². The third kappa shape index (κ3) is 1.69. The first-order valence-corrected chi connectivity index (χ1v) is 4.34. The Balaban J connectivity index is 2.75. The van der Waals surface area contributed by atoms with Crippen molar-refractivity contribution in [1.82, 2.24) is 19.8 Å². The van der Waals surface area contributed by atoms with Crippen molar-refractivity contribution < 1.29 is 23.1 Å². The number of aromatic carboxylic acids is 1. The Kier molecular flexibility index (Phi) is 2.26. The van der Waals surface area contributed by atoms with Gasteiger partial charge in [-0.3, -0.25) is 0 Å². The third-order valence-corrected chi connectivity index (χ3v) is 2.17. The molecule has 2 rings (SSSR count). The molecule has 0 saturated heterocycles. The number of fused-ring (bicyclic) bond motifs is 1. The number of carbonyl (C=O) groups is 1. The van der Waals surface area contributed by atoms with Crippen molar-refractivity contribution in [3.63, 3.8) is 0 Å². The molecule has 6 nitrogen and oxygen atoms in total. The van der Waals surface area contributed by atoms with Crippen LogP contribution in [-0.2, 0) is 6.18 Å². The summed E-state index contributed by atoms with van der Waals surface area (Å²) in [6, 6.07) is 0. The van der Waals surface area contributed by atoms with E-state index in [4.69, 9.17) is 5.11 Å². The van der Waals surface area contributed by atoms with Gasteiger partial charge in [0.2, 0.25) is 5.69 Å². The van der Waals surface area contributed by atoms with Gasteiger partial charge in [0.25, 0.3) is 0 Å². The summed E-state index contributed by atoms with van der Waals surface area (Å²) in [5.41, 5.74) is -1.95. The molecule has 2 heterocycles. The maximum Gasteiger partial charge on any atom is 0.439 e. The van der Waals surface area contributed by atoms with Crippen LogP contribution in [0.3, 0.4) is 0 Å². The van der Waals surface area contributed by atoms with E-state index >= 15 is 0 Å². The molecular formula is C8H5F3N4O2. The number of nitrogens with zero attached hydrogens (tertiary/aromatic N) is 4. The normalized spacial score (nSPS) is 12.0. The molecule has 2 aromatic rings. The van der Waals surface area contributed by atoms with E-state index in [0.717, 1.165) is 10.7 Å². The average Bonchev–Trinajstić information content (AvgIpc) is 2.61. The number of alkyl halides is 3. The number of hydrogen-bond donors (Lipinski definition) is 1. The molecule has 0 unspecified atom stereocenters. The van der Waals surface area contributed by atoms with E-state index in [1.54, 1.807) is 0 Å². The van der Waals surface area contributed by atoms with Crippen molar-refractivity contribution in [2.75, 3.05) is 0 Å². The highest BCUT2D eigenvalue weighted by atomic mass is 19.4. The molecule has 0 aliphatic rings. The van der Waals surface area contributed by atoms with Gasteiger partial charge in [0.15, 0.2) is 5.65 Å². The van der Waals surface area contributed by atoms with E-state index in [0.29, 0.717) is 0 Å². The van der Waals surface area contributed by atoms with Crippen molar-refractivity contribution in [2.24, 2.45) is 0 Å². The van der Waals surface area contributed by atoms with Crippen LogP contribution >= 0.6 is 0 Å². The second-order valence-electron chi connectivity index (χ2n) is 3.23. The van der Waals surface area contributed by atoms with Crippen LogP contribution in [0.15, 0.2) is 6.20 Å². The van der Waals surface area contributed by atoms with Crippen LogP contribution in [0.25, 0.3) is 5.65 Å². The molecule has 0 spiro atoms. The lowest BCUT2D eigenvalue weighted by Gasteiger charge is -2.03. The monoisotopic (exact) mass is 246 g/mol. The number of hydrogen-bond acceptors (Lipinski definition) is 4. The largest absolute Gasteiger partial charge is 0.478 e. The first-order chi connectivity index (χ1) is 7.82. The van der Waals surface area contributed by atoms with Crippen molar-refractivity contribution in [1.29, 1.82) is 0 Å². The highest BCUT2D eigenvalue weighted by Crippen LogP contribution is 2.30. The fraction of sp³-hybridized carbons (Fsp3) is 0.250. The minimum atomic E-state index is -4.67. The molecule has 0 aromatic carbocycles. The second-order valence-corrected chi connectivity index (χ2v) is 3.23. The molecule has 0 radical (unpaired) electrons. The minimum Gasteiger partial charge on any atom is -0.478 e. The predicted molar refractivity (Wildman–Crippen MR) is 47.5 cm³/mol. The van der Waals surface area contributed by atoms with Gasteiger partial charge in [0.1, 0.15) is 0 Å². The smallest absolute Gasteiger partial charge is 0.439 e. The second kappa shape index (κ2) is 3.40. The van der Waals surface area contributed by atoms with Crippen molar-refractivity contribution in [3.05, 3.63) is 23.1 Å². The van der Waals surface area contributed by atoms with E-state index in [-0.39, 0.29) is 11.3 Å². The van der Waals surface area contributed by atoms with Gasteiger partial charge in [0.05, 0.1) is 11.3 Å². The number of aryl methyl sites for hydroxylation is 1. The number of carboxylic acid groups (broad SMARTS) is 1. The Morgan fingerprint density at radius 1 is 1.47 bits per heavy atom. The maximum absolute atomic E-state index is 12.5.